The van der Waals surface area contributed by atoms with Crippen molar-refractivity contribution >= 4 is 21.8 Å². The van der Waals surface area contributed by atoms with E-state index < -0.39 is 0 Å². The fraction of sp³-hybridized carbons (Fsp3) is 0.174. The molecule has 0 saturated heterocycles. The van der Waals surface area contributed by atoms with E-state index in [0.29, 0.717) is 0 Å². The van der Waals surface area contributed by atoms with Gasteiger partial charge in [-0.25, -0.2) is 4.98 Å². The van der Waals surface area contributed by atoms with Gasteiger partial charge in [-0.1, -0.05) is 108 Å². The molecule has 0 fully saturated rings. The van der Waals surface area contributed by atoms with E-state index in [9.17, 15) is 0 Å². The average molecular weight is 667 g/mol. The van der Waals surface area contributed by atoms with Gasteiger partial charge in [-0.3, -0.25) is 13.7 Å². The summed E-state index contributed by atoms with van der Waals surface area (Å²) < 4.78 is 12.9. The van der Waals surface area contributed by atoms with E-state index in [0.717, 1.165) is 45.1 Å². The van der Waals surface area contributed by atoms with Crippen molar-refractivity contribution in [2.24, 2.45) is 0 Å². The van der Waals surface area contributed by atoms with Gasteiger partial charge < -0.3 is 4.74 Å². The summed E-state index contributed by atoms with van der Waals surface area (Å²) in [5.41, 5.74) is 9.13. The Kier molecular flexibility index (Phi) is 7.87. The second-order valence-corrected chi connectivity index (χ2v) is 15.3. The van der Waals surface area contributed by atoms with Crippen LogP contribution in [-0.2, 0) is 10.8 Å². The number of benzene rings is 5. The molecular formula is C46H42N4O. The maximum absolute atomic E-state index is 6.56. The van der Waals surface area contributed by atoms with Crippen LogP contribution in [0.15, 0.2) is 146 Å². The summed E-state index contributed by atoms with van der Waals surface area (Å²) in [6.07, 6.45) is 9.56. The van der Waals surface area contributed by atoms with Gasteiger partial charge in [0.05, 0.1) is 22.4 Å². The summed E-state index contributed by atoms with van der Waals surface area (Å²) >= 11 is 0. The summed E-state index contributed by atoms with van der Waals surface area (Å²) in [7, 11) is 0. The SMILES string of the molecule is CC(C)(C)c1ccnc(-n2c3ccccc3c3ccc(Oc4cccc(-n5[c-][n+](-c6ccc(C(C)(C)C)cc6-c6ccccc6)cc5)c4)cc32)c1. The minimum Gasteiger partial charge on any atom is -0.458 e. The number of hydrogen-bond donors (Lipinski definition) is 0. The first-order valence-corrected chi connectivity index (χ1v) is 17.5. The molecule has 3 heterocycles. The van der Waals surface area contributed by atoms with Crippen LogP contribution in [0.2, 0.25) is 0 Å². The van der Waals surface area contributed by atoms with Crippen molar-refractivity contribution in [1.82, 2.24) is 14.1 Å². The Hall–Kier alpha value is -5.94. The molecule has 0 N–H and O–H groups in total. The molecule has 0 unspecified atom stereocenters. The van der Waals surface area contributed by atoms with Crippen molar-refractivity contribution < 1.29 is 9.30 Å². The molecule has 0 amide bonds. The van der Waals surface area contributed by atoms with Crippen molar-refractivity contribution in [3.8, 4) is 39.8 Å². The van der Waals surface area contributed by atoms with Crippen molar-refractivity contribution in [1.29, 1.82) is 0 Å². The van der Waals surface area contributed by atoms with Gasteiger partial charge in [-0.2, -0.15) is 0 Å². The minimum atomic E-state index is 0.00717. The van der Waals surface area contributed by atoms with Crippen LogP contribution in [0.3, 0.4) is 0 Å². The Morgan fingerprint density at radius 3 is 2.16 bits per heavy atom. The lowest BCUT2D eigenvalue weighted by atomic mass is 9.85. The second-order valence-electron chi connectivity index (χ2n) is 15.3. The second kappa shape index (κ2) is 12.4. The molecule has 5 aromatic carbocycles. The molecule has 0 aliphatic rings. The van der Waals surface area contributed by atoms with E-state index in [1.165, 1.54) is 27.6 Å². The van der Waals surface area contributed by atoms with Gasteiger partial charge in [0.25, 0.3) is 6.33 Å². The third-order valence-corrected chi connectivity index (χ3v) is 9.60. The molecule has 51 heavy (non-hydrogen) atoms. The highest BCUT2D eigenvalue weighted by Gasteiger charge is 2.20. The van der Waals surface area contributed by atoms with E-state index >= 15 is 0 Å². The summed E-state index contributed by atoms with van der Waals surface area (Å²) in [6.45, 7) is 13.5. The predicted molar refractivity (Wildman–Crippen MR) is 208 cm³/mol. The molecule has 0 atom stereocenters. The smallest absolute Gasteiger partial charge is 0.268 e. The predicted octanol–water partition coefficient (Wildman–Crippen LogP) is 11.1. The van der Waals surface area contributed by atoms with Gasteiger partial charge in [0.2, 0.25) is 0 Å². The molecule has 5 nitrogen and oxygen atoms in total. The number of hydrogen-bond acceptors (Lipinski definition) is 2. The third kappa shape index (κ3) is 6.21. The monoisotopic (exact) mass is 666 g/mol. The lowest BCUT2D eigenvalue weighted by Crippen LogP contribution is -2.29. The summed E-state index contributed by atoms with van der Waals surface area (Å²) in [4.78, 5) is 4.83. The number of imidazole rings is 1. The lowest BCUT2D eigenvalue weighted by Gasteiger charge is -2.22. The summed E-state index contributed by atoms with van der Waals surface area (Å²) in [6, 6.07) is 44.6. The average Bonchev–Trinajstić information content (AvgIpc) is 3.75. The van der Waals surface area contributed by atoms with Gasteiger partial charge in [0.1, 0.15) is 17.3 Å². The van der Waals surface area contributed by atoms with Gasteiger partial charge in [-0.15, -0.1) is 0 Å². The molecule has 3 aromatic heterocycles. The number of aromatic nitrogens is 4. The molecule has 8 aromatic rings. The van der Waals surface area contributed by atoms with Crippen molar-refractivity contribution in [3.05, 3.63) is 163 Å². The maximum atomic E-state index is 6.56. The molecule has 0 bridgehead atoms. The van der Waals surface area contributed by atoms with E-state index in [2.05, 4.69) is 172 Å². The molecule has 8 rings (SSSR count). The fourth-order valence-electron chi connectivity index (χ4n) is 6.76. The maximum Gasteiger partial charge on any atom is 0.268 e. The highest BCUT2D eigenvalue weighted by atomic mass is 16.5. The third-order valence-electron chi connectivity index (χ3n) is 9.60. The van der Waals surface area contributed by atoms with Crippen LogP contribution in [0.4, 0.5) is 0 Å². The molecule has 0 saturated carbocycles. The van der Waals surface area contributed by atoms with Gasteiger partial charge >= 0.3 is 0 Å². The number of nitrogens with zero attached hydrogens (tertiary/aromatic N) is 4. The number of pyridine rings is 1. The normalized spacial score (nSPS) is 12.1. The topological polar surface area (TPSA) is 35.9 Å². The van der Waals surface area contributed by atoms with Crippen LogP contribution < -0.4 is 9.30 Å². The van der Waals surface area contributed by atoms with E-state index in [4.69, 9.17) is 9.72 Å². The largest absolute Gasteiger partial charge is 0.458 e. The Bertz CT molecular complexity index is 2530. The zero-order valence-electron chi connectivity index (χ0n) is 30.1. The lowest BCUT2D eigenvalue weighted by molar-refractivity contribution is -0.598. The van der Waals surface area contributed by atoms with E-state index in [1.54, 1.807) is 0 Å². The van der Waals surface area contributed by atoms with Crippen molar-refractivity contribution in [3.63, 3.8) is 0 Å². The Balaban J connectivity index is 1.14. The Labute approximate surface area is 300 Å². The molecule has 0 aliphatic carbocycles. The van der Waals surface area contributed by atoms with Gasteiger partial charge in [-0.05, 0) is 87.7 Å². The quantitative estimate of drug-likeness (QED) is 0.131. The highest BCUT2D eigenvalue weighted by Crippen LogP contribution is 2.36. The zero-order chi connectivity index (χ0) is 35.3. The van der Waals surface area contributed by atoms with Crippen molar-refractivity contribution in [2.75, 3.05) is 0 Å². The van der Waals surface area contributed by atoms with Crippen LogP contribution in [-0.4, -0.2) is 14.1 Å². The van der Waals surface area contributed by atoms with E-state index in [1.807, 2.05) is 35.2 Å². The fourth-order valence-corrected chi connectivity index (χ4v) is 6.76. The highest BCUT2D eigenvalue weighted by molar-refractivity contribution is 6.09. The molecule has 0 aliphatic heterocycles. The molecule has 252 valence electrons. The van der Waals surface area contributed by atoms with Crippen molar-refractivity contribution in [2.45, 2.75) is 52.4 Å². The number of fused-ring (bicyclic) bond motifs is 3. The van der Waals surface area contributed by atoms with Crippen LogP contribution >= 0.6 is 0 Å². The molecular weight excluding hydrogens is 625 g/mol. The number of rotatable bonds is 6. The van der Waals surface area contributed by atoms with Crippen LogP contribution in [0, 0.1) is 6.33 Å². The van der Waals surface area contributed by atoms with Gasteiger partial charge in [0.15, 0.2) is 0 Å². The Morgan fingerprint density at radius 2 is 1.35 bits per heavy atom. The first-order chi connectivity index (χ1) is 24.5. The summed E-state index contributed by atoms with van der Waals surface area (Å²) in [5, 5.41) is 2.34. The van der Waals surface area contributed by atoms with E-state index in [-0.39, 0.29) is 10.8 Å². The molecule has 0 spiro atoms. The summed E-state index contributed by atoms with van der Waals surface area (Å²) in [5.74, 6) is 2.40. The van der Waals surface area contributed by atoms with Gasteiger partial charge in [0, 0.05) is 35.4 Å². The number of para-hydroxylation sites is 1. The first kappa shape index (κ1) is 32.3. The van der Waals surface area contributed by atoms with Crippen LogP contribution in [0.1, 0.15) is 52.7 Å². The number of ether oxygens (including phenoxy) is 1. The minimum absolute atomic E-state index is 0.00717. The van der Waals surface area contributed by atoms with Crippen LogP contribution in [0.25, 0.3) is 50.1 Å². The molecule has 5 heteroatoms. The molecule has 0 radical (unpaired) electrons. The first-order valence-electron chi connectivity index (χ1n) is 17.5. The standard InChI is InChI=1S/C46H42N4O/c1-45(2,3)33-19-22-41(40(27-33)32-13-8-7-9-14-32)49-26-25-48(31-49)35-15-12-16-36(29-35)51-37-20-21-39-38-17-10-11-18-42(38)50(43(39)30-37)44-28-34(23-24-47-44)46(4,5)6/h7-30H,1-6H3. The zero-order valence-corrected chi connectivity index (χ0v) is 30.1. The van der Waals surface area contributed by atoms with Crippen LogP contribution in [0.5, 0.6) is 11.5 Å². The Morgan fingerprint density at radius 1 is 0.627 bits per heavy atom.